The molecule has 1 saturated carbocycles. The molecular weight excluding hydrogens is 499 g/mol. The molecule has 2 N–H and O–H groups in total. The lowest BCUT2D eigenvalue weighted by Gasteiger charge is -2.12. The van der Waals surface area contributed by atoms with E-state index < -0.39 is 0 Å². The van der Waals surface area contributed by atoms with Crippen molar-refractivity contribution in [3.8, 4) is 0 Å². The van der Waals surface area contributed by atoms with Gasteiger partial charge in [-0.05, 0) is 44.3 Å². The normalized spacial score (nSPS) is 14.8. The van der Waals surface area contributed by atoms with Crippen LogP contribution in [0.5, 0.6) is 0 Å². The van der Waals surface area contributed by atoms with Crippen molar-refractivity contribution in [2.24, 2.45) is 12.0 Å². The van der Waals surface area contributed by atoms with Crippen molar-refractivity contribution >= 4 is 41.7 Å². The van der Waals surface area contributed by atoms with Gasteiger partial charge in [0.1, 0.15) is 5.82 Å². The number of guanidine groups is 1. The molecule has 0 bridgehead atoms. The molecule has 2 heterocycles. The second kappa shape index (κ2) is 12.4. The summed E-state index contributed by atoms with van der Waals surface area (Å²) in [6.07, 6.45) is 10.4. The fourth-order valence-corrected chi connectivity index (χ4v) is 3.79. The van der Waals surface area contributed by atoms with Crippen LogP contribution in [-0.4, -0.2) is 49.1 Å². The second-order valence-electron chi connectivity index (χ2n) is 7.24. The molecular formula is C19H33IN8S. The lowest BCUT2D eigenvalue weighted by molar-refractivity contribution is 0.463. The Morgan fingerprint density at radius 1 is 1.28 bits per heavy atom. The van der Waals surface area contributed by atoms with Gasteiger partial charge in [-0.15, -0.1) is 34.2 Å². The summed E-state index contributed by atoms with van der Waals surface area (Å²) in [6, 6.07) is 2.65. The minimum Gasteiger partial charge on any atom is -0.356 e. The molecule has 3 rings (SSSR count). The highest BCUT2D eigenvalue weighted by atomic mass is 127. The zero-order valence-corrected chi connectivity index (χ0v) is 20.7. The van der Waals surface area contributed by atoms with Crippen molar-refractivity contribution in [3.63, 3.8) is 0 Å². The first kappa shape index (κ1) is 24.0. The van der Waals surface area contributed by atoms with E-state index in [1.54, 1.807) is 0 Å². The van der Waals surface area contributed by atoms with E-state index in [1.807, 2.05) is 30.3 Å². The molecule has 8 nitrogen and oxygen atoms in total. The summed E-state index contributed by atoms with van der Waals surface area (Å²) in [5.74, 6) is 3.72. The van der Waals surface area contributed by atoms with Gasteiger partial charge in [0.2, 0.25) is 0 Å². The fraction of sp³-hybridized carbons (Fsp3) is 0.684. The number of aliphatic imine (C=N–C) groups is 1. The average molecular weight is 533 g/mol. The predicted molar refractivity (Wildman–Crippen MR) is 130 cm³/mol. The van der Waals surface area contributed by atoms with E-state index in [4.69, 9.17) is 10.1 Å². The van der Waals surface area contributed by atoms with E-state index in [2.05, 4.69) is 44.0 Å². The molecule has 2 aromatic rings. The molecule has 2 aromatic heterocycles. The first-order valence-electron chi connectivity index (χ1n) is 10.1. The highest BCUT2D eigenvalue weighted by Crippen LogP contribution is 2.28. The monoisotopic (exact) mass is 532 g/mol. The maximum absolute atomic E-state index is 4.74. The largest absolute Gasteiger partial charge is 0.356 e. The van der Waals surface area contributed by atoms with E-state index in [0.29, 0.717) is 19.1 Å². The van der Waals surface area contributed by atoms with Crippen LogP contribution in [0.25, 0.3) is 0 Å². The Morgan fingerprint density at radius 3 is 2.76 bits per heavy atom. The molecule has 0 aromatic carbocycles. The van der Waals surface area contributed by atoms with Gasteiger partial charge >= 0.3 is 0 Å². The van der Waals surface area contributed by atoms with Crippen LogP contribution in [0, 0.1) is 6.92 Å². The van der Waals surface area contributed by atoms with Crippen molar-refractivity contribution in [3.05, 3.63) is 29.6 Å². The molecule has 0 radical (unpaired) electrons. The molecule has 1 aliphatic rings. The summed E-state index contributed by atoms with van der Waals surface area (Å²) >= 11 is 1.86. The van der Waals surface area contributed by atoms with Crippen LogP contribution in [-0.2, 0) is 20.1 Å². The Balaban J connectivity index is 0.00000300. The van der Waals surface area contributed by atoms with Gasteiger partial charge in [0.25, 0.3) is 0 Å². The van der Waals surface area contributed by atoms with Crippen molar-refractivity contribution in [1.29, 1.82) is 0 Å². The van der Waals surface area contributed by atoms with Crippen molar-refractivity contribution in [2.75, 3.05) is 18.6 Å². The smallest absolute Gasteiger partial charge is 0.192 e. The zero-order chi connectivity index (χ0) is 19.8. The third-order valence-electron chi connectivity index (χ3n) is 5.18. The lowest BCUT2D eigenvalue weighted by atomic mass is 10.3. The van der Waals surface area contributed by atoms with E-state index in [0.717, 1.165) is 42.0 Å². The van der Waals surface area contributed by atoms with Crippen LogP contribution in [0.15, 0.2) is 17.3 Å². The molecule has 162 valence electrons. The van der Waals surface area contributed by atoms with Crippen LogP contribution in [0.2, 0.25) is 0 Å². The number of nitrogens with one attached hydrogen (secondary N) is 2. The number of rotatable bonds is 9. The van der Waals surface area contributed by atoms with Crippen LogP contribution in [0.4, 0.5) is 0 Å². The van der Waals surface area contributed by atoms with Gasteiger partial charge in [-0.2, -0.15) is 16.9 Å². The number of halogens is 1. The van der Waals surface area contributed by atoms with E-state index >= 15 is 0 Å². The highest BCUT2D eigenvalue weighted by Gasteiger charge is 2.17. The Labute approximate surface area is 194 Å². The summed E-state index contributed by atoms with van der Waals surface area (Å²) in [7, 11) is 1.98. The first-order chi connectivity index (χ1) is 13.7. The Bertz CT molecular complexity index is 766. The minimum atomic E-state index is 0. The van der Waals surface area contributed by atoms with E-state index in [1.165, 1.54) is 25.7 Å². The topological polar surface area (TPSA) is 84.9 Å². The molecule has 10 heteroatoms. The molecule has 0 saturated heterocycles. The summed E-state index contributed by atoms with van der Waals surface area (Å²) in [6.45, 7) is 3.99. The Morgan fingerprint density at radius 2 is 2.07 bits per heavy atom. The van der Waals surface area contributed by atoms with E-state index in [-0.39, 0.29) is 24.0 Å². The van der Waals surface area contributed by atoms with Gasteiger partial charge < -0.3 is 15.2 Å². The molecule has 0 spiro atoms. The minimum absolute atomic E-state index is 0. The molecule has 0 aliphatic heterocycles. The molecule has 1 aliphatic carbocycles. The Hall–Kier alpha value is -1.30. The number of hydrogen-bond donors (Lipinski definition) is 2. The second-order valence-corrected chi connectivity index (χ2v) is 8.22. The number of aryl methyl sites for hydroxylation is 1. The fourth-order valence-electron chi connectivity index (χ4n) is 3.36. The number of thioether (sulfide) groups is 1. The Kier molecular flexibility index (Phi) is 10.3. The number of nitrogens with zero attached hydrogens (tertiary/aromatic N) is 6. The molecule has 29 heavy (non-hydrogen) atoms. The van der Waals surface area contributed by atoms with Gasteiger partial charge in [-0.3, -0.25) is 4.68 Å². The lowest BCUT2D eigenvalue weighted by Crippen LogP contribution is -2.38. The highest BCUT2D eigenvalue weighted by molar-refractivity contribution is 14.0. The summed E-state index contributed by atoms with van der Waals surface area (Å²) in [5, 5.41) is 19.8. The molecule has 1 fully saturated rings. The quantitative estimate of drug-likeness (QED) is 0.224. The SMILES string of the molecule is CSCCCNC(=NCc1ccn(C2CCCC2)n1)NCc1nnc(C)n1C.I. The van der Waals surface area contributed by atoms with Crippen molar-refractivity contribution in [2.45, 2.75) is 58.2 Å². The third-order valence-corrected chi connectivity index (χ3v) is 5.87. The number of aromatic nitrogens is 5. The van der Waals surface area contributed by atoms with Crippen LogP contribution >= 0.6 is 35.7 Å². The van der Waals surface area contributed by atoms with Crippen LogP contribution < -0.4 is 10.6 Å². The van der Waals surface area contributed by atoms with E-state index in [9.17, 15) is 0 Å². The summed E-state index contributed by atoms with van der Waals surface area (Å²) in [4.78, 5) is 4.74. The van der Waals surface area contributed by atoms with Gasteiger partial charge in [0, 0.05) is 19.8 Å². The molecule has 0 amide bonds. The predicted octanol–water partition coefficient (Wildman–Crippen LogP) is 3.04. The maximum atomic E-state index is 4.74. The molecule has 0 atom stereocenters. The first-order valence-corrected chi connectivity index (χ1v) is 11.5. The molecule has 0 unspecified atom stereocenters. The van der Waals surface area contributed by atoms with Gasteiger partial charge in [0.05, 0.1) is 24.8 Å². The van der Waals surface area contributed by atoms with Gasteiger partial charge in [0.15, 0.2) is 11.8 Å². The zero-order valence-electron chi connectivity index (χ0n) is 17.6. The van der Waals surface area contributed by atoms with Crippen molar-refractivity contribution < 1.29 is 0 Å². The van der Waals surface area contributed by atoms with Gasteiger partial charge in [-0.1, -0.05) is 12.8 Å². The van der Waals surface area contributed by atoms with Gasteiger partial charge in [-0.25, -0.2) is 4.99 Å². The average Bonchev–Trinajstić information content (AvgIpc) is 3.44. The maximum Gasteiger partial charge on any atom is 0.192 e. The third kappa shape index (κ3) is 7.16. The number of hydrogen-bond acceptors (Lipinski definition) is 5. The summed E-state index contributed by atoms with van der Waals surface area (Å²) in [5.41, 5.74) is 1.01. The van der Waals surface area contributed by atoms with Crippen LogP contribution in [0.1, 0.15) is 55.5 Å². The summed E-state index contributed by atoms with van der Waals surface area (Å²) < 4.78 is 4.11. The standard InChI is InChI=1S/C19H32N8S.HI/c1-15-23-24-18(26(15)2)14-22-19(20-10-6-12-28-3)21-13-16-9-11-27(25-16)17-7-4-5-8-17;/h9,11,17H,4-8,10,12-14H2,1-3H3,(H2,20,21,22);1H. The van der Waals surface area contributed by atoms with Crippen LogP contribution in [0.3, 0.4) is 0 Å². The van der Waals surface area contributed by atoms with Crippen molar-refractivity contribution in [1.82, 2.24) is 35.2 Å².